The Bertz CT molecular complexity index is 964. The van der Waals surface area contributed by atoms with Crippen LogP contribution in [0.4, 0.5) is 0 Å². The third kappa shape index (κ3) is 5.22. The number of amides is 2. The van der Waals surface area contributed by atoms with Crippen molar-refractivity contribution in [3.63, 3.8) is 0 Å². The van der Waals surface area contributed by atoms with Crippen molar-refractivity contribution in [2.24, 2.45) is 5.73 Å². The lowest BCUT2D eigenvalue weighted by Crippen LogP contribution is -2.46. The summed E-state index contributed by atoms with van der Waals surface area (Å²) in [5.41, 5.74) is 7.72. The van der Waals surface area contributed by atoms with Gasteiger partial charge in [0.05, 0.1) is 11.5 Å². The Hall–Kier alpha value is -3.91. The number of carbonyl (C=O) groups is 2. The molecule has 0 saturated heterocycles. The zero-order valence-corrected chi connectivity index (χ0v) is 17.9. The highest BCUT2D eigenvalue weighted by Crippen LogP contribution is 2.42. The Kier molecular flexibility index (Phi) is 7.77. The molecular weight excluding hydrogens is 398 g/mol. The third-order valence-electron chi connectivity index (χ3n) is 5.69. The van der Waals surface area contributed by atoms with E-state index in [-0.39, 0.29) is 12.3 Å². The molecule has 0 heterocycles. The molecule has 0 bridgehead atoms. The lowest BCUT2D eigenvalue weighted by Gasteiger charge is -2.36. The minimum atomic E-state index is -0.809. The van der Waals surface area contributed by atoms with Gasteiger partial charge in [0.15, 0.2) is 0 Å². The van der Waals surface area contributed by atoms with Crippen LogP contribution >= 0.6 is 0 Å². The highest BCUT2D eigenvalue weighted by molar-refractivity contribution is 5.87. The summed E-state index contributed by atoms with van der Waals surface area (Å²) in [6, 6.07) is 31.0. The third-order valence-corrected chi connectivity index (χ3v) is 5.69. The van der Waals surface area contributed by atoms with Gasteiger partial charge in [-0.3, -0.25) is 9.59 Å². The lowest BCUT2D eigenvalue weighted by molar-refractivity contribution is -0.128. The van der Waals surface area contributed by atoms with E-state index in [0.717, 1.165) is 16.7 Å². The van der Waals surface area contributed by atoms with Crippen molar-refractivity contribution in [3.05, 3.63) is 108 Å². The molecule has 2 amide bonds. The van der Waals surface area contributed by atoms with Crippen molar-refractivity contribution in [2.45, 2.75) is 37.1 Å². The van der Waals surface area contributed by atoms with E-state index >= 15 is 0 Å². The van der Waals surface area contributed by atoms with E-state index in [1.807, 2.05) is 91.0 Å². The van der Waals surface area contributed by atoms with E-state index in [0.29, 0.717) is 19.3 Å². The number of unbranched alkanes of at least 4 members (excludes halogenated alkanes) is 1. The first-order chi connectivity index (χ1) is 15.6. The van der Waals surface area contributed by atoms with Gasteiger partial charge >= 0.3 is 0 Å². The predicted molar refractivity (Wildman–Crippen MR) is 124 cm³/mol. The van der Waals surface area contributed by atoms with Gasteiger partial charge in [0, 0.05) is 12.8 Å². The number of nitrogens with two attached hydrogens (primary N) is 1. The summed E-state index contributed by atoms with van der Waals surface area (Å²) >= 11 is 0. The quantitative estimate of drug-likeness (QED) is 0.378. The van der Waals surface area contributed by atoms with Crippen LogP contribution in [0.25, 0.3) is 0 Å². The zero-order valence-electron chi connectivity index (χ0n) is 17.9. The second kappa shape index (κ2) is 10.9. The highest BCUT2D eigenvalue weighted by atomic mass is 16.2. The smallest absolute Gasteiger partial charge is 0.240 e. The summed E-state index contributed by atoms with van der Waals surface area (Å²) in [5, 5.41) is 11.6. The first-order valence-electron chi connectivity index (χ1n) is 10.7. The molecule has 0 aliphatic heterocycles. The average Bonchev–Trinajstić information content (AvgIpc) is 2.83. The van der Waals surface area contributed by atoms with Gasteiger partial charge in [0.1, 0.15) is 6.04 Å². The normalized spacial score (nSPS) is 11.8. The molecule has 1 atom stereocenters. The van der Waals surface area contributed by atoms with E-state index in [1.165, 1.54) is 0 Å². The summed E-state index contributed by atoms with van der Waals surface area (Å²) in [5.74, 6) is -0.872. The number of hydrogen-bond donors (Lipinski definition) is 2. The second-order valence-corrected chi connectivity index (χ2v) is 7.75. The van der Waals surface area contributed by atoms with Crippen LogP contribution in [-0.4, -0.2) is 17.9 Å². The van der Waals surface area contributed by atoms with Gasteiger partial charge in [0.2, 0.25) is 11.8 Å². The largest absolute Gasteiger partial charge is 0.368 e. The van der Waals surface area contributed by atoms with Gasteiger partial charge in [0.25, 0.3) is 0 Å². The first kappa shape index (κ1) is 22.8. The van der Waals surface area contributed by atoms with Crippen LogP contribution in [0, 0.1) is 11.3 Å². The Labute approximate surface area is 188 Å². The number of rotatable bonds is 10. The summed E-state index contributed by atoms with van der Waals surface area (Å²) in [7, 11) is 0. The van der Waals surface area contributed by atoms with Gasteiger partial charge < -0.3 is 11.1 Å². The molecule has 3 rings (SSSR count). The number of nitrogens with zero attached hydrogens (tertiary/aromatic N) is 1. The number of benzene rings is 3. The molecule has 0 saturated carbocycles. The van der Waals surface area contributed by atoms with E-state index in [2.05, 4.69) is 11.4 Å². The molecule has 0 fully saturated rings. The molecule has 5 heteroatoms. The van der Waals surface area contributed by atoms with E-state index in [1.54, 1.807) is 0 Å². The fourth-order valence-corrected chi connectivity index (χ4v) is 4.13. The van der Waals surface area contributed by atoms with Crippen LogP contribution in [0.3, 0.4) is 0 Å². The molecule has 0 spiro atoms. The molecule has 3 aromatic carbocycles. The van der Waals surface area contributed by atoms with Gasteiger partial charge in [-0.15, -0.1) is 0 Å². The lowest BCUT2D eigenvalue weighted by atomic mass is 9.67. The van der Waals surface area contributed by atoms with Crippen LogP contribution in [0.15, 0.2) is 91.0 Å². The Morgan fingerprint density at radius 3 is 1.66 bits per heavy atom. The van der Waals surface area contributed by atoms with Crippen molar-refractivity contribution in [1.82, 2.24) is 5.32 Å². The fraction of sp³-hybridized carbons (Fsp3) is 0.222. The van der Waals surface area contributed by atoms with Crippen molar-refractivity contribution in [1.29, 1.82) is 5.26 Å². The summed E-state index contributed by atoms with van der Waals surface area (Å²) in [4.78, 5) is 25.3. The molecule has 0 aliphatic rings. The zero-order chi connectivity index (χ0) is 22.8. The van der Waals surface area contributed by atoms with Crippen molar-refractivity contribution >= 4 is 11.8 Å². The topological polar surface area (TPSA) is 96.0 Å². The average molecular weight is 426 g/mol. The number of nitriles is 1. The highest BCUT2D eigenvalue weighted by Gasteiger charge is 2.39. The van der Waals surface area contributed by atoms with Crippen LogP contribution in [0.2, 0.25) is 0 Å². The van der Waals surface area contributed by atoms with Gasteiger partial charge in [-0.25, -0.2) is 0 Å². The number of hydrogen-bond acceptors (Lipinski definition) is 3. The Morgan fingerprint density at radius 1 is 0.844 bits per heavy atom. The molecule has 3 N–H and O–H groups in total. The molecule has 0 aliphatic carbocycles. The first-order valence-corrected chi connectivity index (χ1v) is 10.7. The van der Waals surface area contributed by atoms with Gasteiger partial charge in [-0.2, -0.15) is 5.26 Å². The van der Waals surface area contributed by atoms with Crippen LogP contribution < -0.4 is 11.1 Å². The molecule has 0 aromatic heterocycles. The maximum Gasteiger partial charge on any atom is 0.240 e. The molecule has 3 aromatic rings. The minimum Gasteiger partial charge on any atom is -0.368 e. The molecule has 162 valence electrons. The summed E-state index contributed by atoms with van der Waals surface area (Å²) in [6.45, 7) is 0. The van der Waals surface area contributed by atoms with Crippen LogP contribution in [0.5, 0.6) is 0 Å². The monoisotopic (exact) mass is 425 g/mol. The molecular formula is C27H27N3O2. The van der Waals surface area contributed by atoms with E-state index in [9.17, 15) is 9.59 Å². The van der Waals surface area contributed by atoms with Gasteiger partial charge in [-0.05, 0) is 29.5 Å². The maximum absolute atomic E-state index is 13.3. The Balaban J connectivity index is 2.04. The SMILES string of the molecule is N#CCCC[C@@H](NC(=O)CC(c1ccccc1)(c1ccccc1)c1ccccc1)C(N)=O. The van der Waals surface area contributed by atoms with Crippen LogP contribution in [0.1, 0.15) is 42.4 Å². The van der Waals surface area contributed by atoms with Gasteiger partial charge in [-0.1, -0.05) is 91.0 Å². The molecule has 0 unspecified atom stereocenters. The molecule has 0 radical (unpaired) electrons. The fourth-order valence-electron chi connectivity index (χ4n) is 4.13. The van der Waals surface area contributed by atoms with Crippen molar-refractivity contribution in [3.8, 4) is 6.07 Å². The Morgan fingerprint density at radius 2 is 1.28 bits per heavy atom. The summed E-state index contributed by atoms with van der Waals surface area (Å²) in [6.07, 6.45) is 1.24. The second-order valence-electron chi connectivity index (χ2n) is 7.75. The van der Waals surface area contributed by atoms with Crippen molar-refractivity contribution in [2.75, 3.05) is 0 Å². The standard InChI is InChI=1S/C27H27N3O2/c28-19-11-10-18-24(26(29)32)30-25(31)20-27(21-12-4-1-5-13-21,22-14-6-2-7-15-22)23-16-8-3-9-17-23/h1-9,12-17,24H,10-11,18,20H2,(H2,29,32)(H,30,31)/t24-/m1/s1. The van der Waals surface area contributed by atoms with Crippen LogP contribution in [-0.2, 0) is 15.0 Å². The summed E-state index contributed by atoms with van der Waals surface area (Å²) < 4.78 is 0. The molecule has 32 heavy (non-hydrogen) atoms. The van der Waals surface area contributed by atoms with E-state index < -0.39 is 17.4 Å². The molecule has 5 nitrogen and oxygen atoms in total. The number of primary amides is 1. The van der Waals surface area contributed by atoms with E-state index in [4.69, 9.17) is 11.0 Å². The van der Waals surface area contributed by atoms with Crippen molar-refractivity contribution < 1.29 is 9.59 Å². The maximum atomic E-state index is 13.3. The number of carbonyl (C=O) groups excluding carboxylic acids is 2. The number of nitrogens with one attached hydrogen (secondary N) is 1. The predicted octanol–water partition coefficient (Wildman–Crippen LogP) is 4.08. The minimum absolute atomic E-state index is 0.104.